The number of halogens is 1. The zero-order chi connectivity index (χ0) is 18.8. The summed E-state index contributed by atoms with van der Waals surface area (Å²) in [5.74, 6) is 0.523. The summed E-state index contributed by atoms with van der Waals surface area (Å²) in [6.07, 6.45) is 1.13. The predicted molar refractivity (Wildman–Crippen MR) is 103 cm³/mol. The molecule has 3 aromatic rings. The number of rotatable bonds is 5. The van der Waals surface area contributed by atoms with Gasteiger partial charge in [-0.1, -0.05) is 35.0 Å². The molecule has 1 amide bonds. The zero-order valence-corrected chi connectivity index (χ0v) is 16.5. The topological polar surface area (TPSA) is 83.4 Å². The van der Waals surface area contributed by atoms with E-state index in [0.29, 0.717) is 30.2 Å². The lowest BCUT2D eigenvalue weighted by Gasteiger charge is -2.19. The molecule has 136 valence electrons. The highest BCUT2D eigenvalue weighted by Crippen LogP contribution is 2.17. The first-order chi connectivity index (χ1) is 12.4. The number of nitrogens with zero attached hydrogens (tertiary/aromatic N) is 4. The van der Waals surface area contributed by atoms with Crippen molar-refractivity contribution in [3.63, 3.8) is 0 Å². The van der Waals surface area contributed by atoms with Crippen molar-refractivity contribution in [3.8, 4) is 0 Å². The molecule has 1 N–H and O–H groups in total. The van der Waals surface area contributed by atoms with Gasteiger partial charge in [0.15, 0.2) is 0 Å². The Balaban J connectivity index is 2.05. The second-order valence-electron chi connectivity index (χ2n) is 6.17. The van der Waals surface area contributed by atoms with Crippen LogP contribution in [0.1, 0.15) is 36.6 Å². The van der Waals surface area contributed by atoms with Crippen LogP contribution in [0.5, 0.6) is 0 Å². The van der Waals surface area contributed by atoms with Gasteiger partial charge in [0.2, 0.25) is 11.9 Å². The Morgan fingerprint density at radius 3 is 2.58 bits per heavy atom. The molecule has 0 spiro atoms. The Labute approximate surface area is 159 Å². The number of aromatic amines is 1. The van der Waals surface area contributed by atoms with Gasteiger partial charge in [0, 0.05) is 22.2 Å². The molecule has 0 radical (unpaired) electrons. The van der Waals surface area contributed by atoms with Crippen LogP contribution in [-0.4, -0.2) is 25.5 Å². The molecule has 0 saturated carbocycles. The molecule has 0 aliphatic rings. The number of aromatic nitrogens is 4. The van der Waals surface area contributed by atoms with Gasteiger partial charge in [0.25, 0.3) is 11.3 Å². The number of amides is 1. The van der Waals surface area contributed by atoms with Crippen molar-refractivity contribution in [3.05, 3.63) is 55.9 Å². The maximum Gasteiger partial charge on any atom is 0.277 e. The van der Waals surface area contributed by atoms with Crippen LogP contribution in [-0.2, 0) is 11.3 Å². The minimum absolute atomic E-state index is 0.0593. The molecule has 2 heterocycles. The summed E-state index contributed by atoms with van der Waals surface area (Å²) < 4.78 is 2.25. The van der Waals surface area contributed by atoms with E-state index in [4.69, 9.17) is 0 Å². The van der Waals surface area contributed by atoms with Crippen LogP contribution in [0.25, 0.3) is 5.78 Å². The van der Waals surface area contributed by atoms with Crippen molar-refractivity contribution in [1.29, 1.82) is 0 Å². The first-order valence-corrected chi connectivity index (χ1v) is 9.20. The van der Waals surface area contributed by atoms with Gasteiger partial charge in [-0.15, -0.1) is 0 Å². The largest absolute Gasteiger partial charge is 0.277 e. The number of carbonyl (C=O) groups excluding carboxylic acids is 1. The lowest BCUT2D eigenvalue weighted by Crippen LogP contribution is -2.31. The van der Waals surface area contributed by atoms with E-state index in [9.17, 15) is 9.59 Å². The highest BCUT2D eigenvalue weighted by Gasteiger charge is 2.20. The number of hydrogen-bond donors (Lipinski definition) is 1. The van der Waals surface area contributed by atoms with Gasteiger partial charge in [-0.2, -0.15) is 9.50 Å². The van der Waals surface area contributed by atoms with Crippen LogP contribution in [0.3, 0.4) is 0 Å². The fraction of sp³-hybridized carbons (Fsp3) is 0.333. The fourth-order valence-electron chi connectivity index (χ4n) is 2.62. The lowest BCUT2D eigenvalue weighted by atomic mass is 10.2. The minimum atomic E-state index is -0.210. The molecule has 0 bridgehead atoms. The molecule has 8 heteroatoms. The third kappa shape index (κ3) is 3.55. The standard InChI is InChI=1S/C18H20BrN5O2/c1-4-5-15(25)23(10-13-6-8-14(19)9-7-13)18-21-17-20-12(3)11(2)16(26)24(17)22-18/h6-9H,4-5,10H2,1-3H3,(H,20,21,22). The third-order valence-electron chi connectivity index (χ3n) is 4.23. The van der Waals surface area contributed by atoms with Crippen molar-refractivity contribution < 1.29 is 4.79 Å². The van der Waals surface area contributed by atoms with Crippen molar-refractivity contribution in [2.75, 3.05) is 4.90 Å². The molecule has 7 nitrogen and oxygen atoms in total. The first-order valence-electron chi connectivity index (χ1n) is 8.41. The van der Waals surface area contributed by atoms with Gasteiger partial charge in [-0.25, -0.2) is 4.98 Å². The fourth-order valence-corrected chi connectivity index (χ4v) is 2.88. The highest BCUT2D eigenvalue weighted by atomic mass is 79.9. The number of aryl methyl sites for hydroxylation is 1. The van der Waals surface area contributed by atoms with Crippen LogP contribution >= 0.6 is 15.9 Å². The van der Waals surface area contributed by atoms with Crippen molar-refractivity contribution >= 4 is 33.6 Å². The summed E-state index contributed by atoms with van der Waals surface area (Å²) >= 11 is 3.41. The van der Waals surface area contributed by atoms with E-state index >= 15 is 0 Å². The van der Waals surface area contributed by atoms with Gasteiger partial charge in [-0.05, 0) is 38.0 Å². The molecule has 0 atom stereocenters. The maximum absolute atomic E-state index is 12.7. The molecule has 0 fully saturated rings. The molecule has 0 saturated heterocycles. The molecule has 3 rings (SSSR count). The molecule has 2 aromatic heterocycles. The van der Waals surface area contributed by atoms with Crippen LogP contribution < -0.4 is 10.5 Å². The Morgan fingerprint density at radius 1 is 1.23 bits per heavy atom. The average molecular weight is 418 g/mol. The predicted octanol–water partition coefficient (Wildman–Crippen LogP) is 3.13. The van der Waals surface area contributed by atoms with Gasteiger partial charge >= 0.3 is 0 Å². The molecular weight excluding hydrogens is 398 g/mol. The van der Waals surface area contributed by atoms with E-state index in [1.807, 2.05) is 31.2 Å². The SMILES string of the molecule is CCCC(=O)N(Cc1ccc(Br)cc1)c1nc2nc(C)c(C)c(=O)n2[nH]1. The van der Waals surface area contributed by atoms with E-state index in [0.717, 1.165) is 16.5 Å². The molecule has 0 unspecified atom stereocenters. The first kappa shape index (κ1) is 18.3. The molecular formula is C18H20BrN5O2. The molecule has 1 aromatic carbocycles. The molecule has 26 heavy (non-hydrogen) atoms. The normalized spacial score (nSPS) is 11.1. The molecule has 0 aliphatic carbocycles. The smallest absolute Gasteiger partial charge is 0.277 e. The monoisotopic (exact) mass is 417 g/mol. The van der Waals surface area contributed by atoms with E-state index in [2.05, 4.69) is 31.0 Å². The lowest BCUT2D eigenvalue weighted by molar-refractivity contribution is -0.118. The zero-order valence-electron chi connectivity index (χ0n) is 14.9. The summed E-state index contributed by atoms with van der Waals surface area (Å²) in [6, 6.07) is 7.74. The van der Waals surface area contributed by atoms with Crippen molar-refractivity contribution in [2.45, 2.75) is 40.2 Å². The summed E-state index contributed by atoms with van der Waals surface area (Å²) in [7, 11) is 0. The van der Waals surface area contributed by atoms with Gasteiger partial charge in [-0.3, -0.25) is 19.6 Å². The van der Waals surface area contributed by atoms with E-state index in [1.165, 1.54) is 4.52 Å². The van der Waals surface area contributed by atoms with E-state index in [1.54, 1.807) is 18.7 Å². The van der Waals surface area contributed by atoms with Gasteiger partial charge < -0.3 is 0 Å². The summed E-state index contributed by atoms with van der Waals surface area (Å²) in [6.45, 7) is 5.80. The van der Waals surface area contributed by atoms with Crippen LogP contribution in [0.2, 0.25) is 0 Å². The Morgan fingerprint density at radius 2 is 1.92 bits per heavy atom. The summed E-state index contributed by atoms with van der Waals surface area (Å²) in [5.41, 5.74) is 1.94. The Kier molecular flexibility index (Phi) is 5.22. The number of anilines is 1. The van der Waals surface area contributed by atoms with Crippen LogP contribution in [0, 0.1) is 13.8 Å². The Hall–Kier alpha value is -2.48. The van der Waals surface area contributed by atoms with Crippen LogP contribution in [0.15, 0.2) is 33.5 Å². The number of H-pyrrole nitrogens is 1. The van der Waals surface area contributed by atoms with Gasteiger partial charge in [0.05, 0.1) is 6.54 Å². The number of fused-ring (bicyclic) bond motifs is 1. The number of hydrogen-bond acceptors (Lipinski definition) is 4. The highest BCUT2D eigenvalue weighted by molar-refractivity contribution is 9.10. The number of nitrogens with one attached hydrogen (secondary N) is 1. The second kappa shape index (κ2) is 7.41. The van der Waals surface area contributed by atoms with E-state index in [-0.39, 0.29) is 17.2 Å². The van der Waals surface area contributed by atoms with Crippen molar-refractivity contribution in [1.82, 2.24) is 19.6 Å². The van der Waals surface area contributed by atoms with Crippen molar-refractivity contribution in [2.24, 2.45) is 0 Å². The number of benzene rings is 1. The van der Waals surface area contributed by atoms with Crippen LogP contribution in [0.4, 0.5) is 5.95 Å². The van der Waals surface area contributed by atoms with E-state index < -0.39 is 0 Å². The Bertz CT molecular complexity index is 1010. The average Bonchev–Trinajstić information content (AvgIpc) is 3.03. The third-order valence-corrected chi connectivity index (χ3v) is 4.76. The summed E-state index contributed by atoms with van der Waals surface area (Å²) in [4.78, 5) is 35.4. The summed E-state index contributed by atoms with van der Waals surface area (Å²) in [5, 5.41) is 2.93. The second-order valence-corrected chi connectivity index (χ2v) is 7.08. The van der Waals surface area contributed by atoms with Gasteiger partial charge in [0.1, 0.15) is 0 Å². The number of carbonyl (C=O) groups is 1. The maximum atomic E-state index is 12.7. The minimum Gasteiger partial charge on any atom is -0.277 e. The molecule has 0 aliphatic heterocycles. The quantitative estimate of drug-likeness (QED) is 0.690.